The van der Waals surface area contributed by atoms with Crippen molar-refractivity contribution in [2.45, 2.75) is 59.7 Å². The SMILES string of the molecule is CC1CC(C)CN(Cc2ccccc2CNC(=O)C2CC(=O)N(C(C)C)C2)C1. The summed E-state index contributed by atoms with van der Waals surface area (Å²) >= 11 is 0. The number of rotatable bonds is 6. The van der Waals surface area contributed by atoms with Crippen molar-refractivity contribution in [1.29, 1.82) is 0 Å². The average Bonchev–Trinajstić information content (AvgIpc) is 3.02. The molecule has 2 aliphatic rings. The molecule has 1 aromatic carbocycles. The molecule has 2 heterocycles. The van der Waals surface area contributed by atoms with E-state index in [1.54, 1.807) is 4.90 Å². The Hall–Kier alpha value is -1.88. The molecule has 0 radical (unpaired) electrons. The van der Waals surface area contributed by atoms with E-state index in [4.69, 9.17) is 0 Å². The molecule has 2 amide bonds. The number of hydrogen-bond acceptors (Lipinski definition) is 3. The summed E-state index contributed by atoms with van der Waals surface area (Å²) in [5.41, 5.74) is 2.46. The van der Waals surface area contributed by atoms with Crippen LogP contribution in [0.5, 0.6) is 0 Å². The van der Waals surface area contributed by atoms with E-state index in [2.05, 4.69) is 42.3 Å². The monoisotopic (exact) mass is 385 g/mol. The molecule has 154 valence electrons. The maximum absolute atomic E-state index is 12.6. The van der Waals surface area contributed by atoms with Crippen molar-refractivity contribution in [3.05, 3.63) is 35.4 Å². The van der Waals surface area contributed by atoms with Gasteiger partial charge in [0.1, 0.15) is 0 Å². The number of carbonyl (C=O) groups excluding carboxylic acids is 2. The molecular formula is C23H35N3O2. The largest absolute Gasteiger partial charge is 0.352 e. The third kappa shape index (κ3) is 5.13. The van der Waals surface area contributed by atoms with Crippen LogP contribution in [0.25, 0.3) is 0 Å². The van der Waals surface area contributed by atoms with Crippen LogP contribution in [-0.4, -0.2) is 47.3 Å². The second kappa shape index (κ2) is 9.08. The van der Waals surface area contributed by atoms with Gasteiger partial charge in [-0.2, -0.15) is 0 Å². The Balaban J connectivity index is 1.58. The highest BCUT2D eigenvalue weighted by Crippen LogP contribution is 2.24. The molecule has 0 saturated carbocycles. The third-order valence-electron chi connectivity index (χ3n) is 6.06. The van der Waals surface area contributed by atoms with Crippen molar-refractivity contribution >= 4 is 11.8 Å². The first-order valence-electron chi connectivity index (χ1n) is 10.7. The van der Waals surface area contributed by atoms with Crippen molar-refractivity contribution in [1.82, 2.24) is 15.1 Å². The van der Waals surface area contributed by atoms with Crippen LogP contribution >= 0.6 is 0 Å². The summed E-state index contributed by atoms with van der Waals surface area (Å²) in [6.45, 7) is 12.9. The van der Waals surface area contributed by atoms with E-state index in [9.17, 15) is 9.59 Å². The van der Waals surface area contributed by atoms with Crippen LogP contribution in [0.4, 0.5) is 0 Å². The van der Waals surface area contributed by atoms with Crippen molar-refractivity contribution in [3.8, 4) is 0 Å². The summed E-state index contributed by atoms with van der Waals surface area (Å²) in [7, 11) is 0. The number of piperidine rings is 1. The maximum Gasteiger partial charge on any atom is 0.225 e. The van der Waals surface area contributed by atoms with E-state index in [0.717, 1.165) is 31.5 Å². The summed E-state index contributed by atoms with van der Waals surface area (Å²) in [6.07, 6.45) is 1.64. The lowest BCUT2D eigenvalue weighted by Crippen LogP contribution is -2.38. The molecule has 5 nitrogen and oxygen atoms in total. The number of amides is 2. The Bertz CT molecular complexity index is 693. The molecule has 2 aliphatic heterocycles. The molecule has 2 fully saturated rings. The van der Waals surface area contributed by atoms with Crippen molar-refractivity contribution < 1.29 is 9.59 Å². The van der Waals surface area contributed by atoms with Crippen LogP contribution in [-0.2, 0) is 22.7 Å². The molecule has 0 aliphatic carbocycles. The molecule has 5 heteroatoms. The van der Waals surface area contributed by atoms with E-state index in [1.165, 1.54) is 17.5 Å². The van der Waals surface area contributed by atoms with E-state index in [-0.39, 0.29) is 23.8 Å². The molecule has 0 aromatic heterocycles. The molecule has 3 unspecified atom stereocenters. The van der Waals surface area contributed by atoms with E-state index >= 15 is 0 Å². The second-order valence-corrected chi connectivity index (χ2v) is 9.17. The minimum Gasteiger partial charge on any atom is -0.352 e. The van der Waals surface area contributed by atoms with Gasteiger partial charge in [0.25, 0.3) is 0 Å². The van der Waals surface area contributed by atoms with Crippen LogP contribution in [0.3, 0.4) is 0 Å². The van der Waals surface area contributed by atoms with Gasteiger partial charge in [0.05, 0.1) is 5.92 Å². The van der Waals surface area contributed by atoms with Gasteiger partial charge in [-0.3, -0.25) is 14.5 Å². The Morgan fingerprint density at radius 3 is 2.36 bits per heavy atom. The molecule has 1 N–H and O–H groups in total. The Labute approximate surface area is 169 Å². The first kappa shape index (κ1) is 20.8. The summed E-state index contributed by atoms with van der Waals surface area (Å²) in [6, 6.07) is 8.54. The third-order valence-corrected chi connectivity index (χ3v) is 6.06. The lowest BCUT2D eigenvalue weighted by Gasteiger charge is -2.35. The zero-order chi connectivity index (χ0) is 20.3. The van der Waals surface area contributed by atoms with Crippen LogP contribution in [0, 0.1) is 17.8 Å². The van der Waals surface area contributed by atoms with Gasteiger partial charge >= 0.3 is 0 Å². The summed E-state index contributed by atoms with van der Waals surface area (Å²) in [5.74, 6) is 1.32. The van der Waals surface area contributed by atoms with Gasteiger partial charge in [0.2, 0.25) is 11.8 Å². The van der Waals surface area contributed by atoms with Gasteiger partial charge in [-0.05, 0) is 43.2 Å². The number of hydrogen-bond donors (Lipinski definition) is 1. The first-order valence-corrected chi connectivity index (χ1v) is 10.7. The van der Waals surface area contributed by atoms with Crippen molar-refractivity contribution in [2.24, 2.45) is 17.8 Å². The van der Waals surface area contributed by atoms with Gasteiger partial charge in [0.15, 0.2) is 0 Å². The van der Waals surface area contributed by atoms with Crippen LogP contribution in [0.1, 0.15) is 51.7 Å². The topological polar surface area (TPSA) is 52.7 Å². The van der Waals surface area contributed by atoms with E-state index in [0.29, 0.717) is 19.5 Å². The van der Waals surface area contributed by atoms with Gasteiger partial charge in [-0.1, -0.05) is 38.1 Å². The summed E-state index contributed by atoms with van der Waals surface area (Å²) in [4.78, 5) is 29.0. The predicted octanol–water partition coefficient (Wildman–Crippen LogP) is 3.04. The highest BCUT2D eigenvalue weighted by molar-refractivity contribution is 5.89. The fourth-order valence-electron chi connectivity index (χ4n) is 4.78. The van der Waals surface area contributed by atoms with Gasteiger partial charge in [-0.15, -0.1) is 0 Å². The lowest BCUT2D eigenvalue weighted by molar-refractivity contribution is -0.130. The quantitative estimate of drug-likeness (QED) is 0.819. The highest BCUT2D eigenvalue weighted by atomic mass is 16.2. The first-order chi connectivity index (χ1) is 13.3. The highest BCUT2D eigenvalue weighted by Gasteiger charge is 2.35. The number of nitrogens with one attached hydrogen (secondary N) is 1. The molecule has 2 saturated heterocycles. The average molecular weight is 386 g/mol. The van der Waals surface area contributed by atoms with Gasteiger partial charge < -0.3 is 10.2 Å². The zero-order valence-corrected chi connectivity index (χ0v) is 17.8. The number of carbonyl (C=O) groups is 2. The smallest absolute Gasteiger partial charge is 0.225 e. The fourth-order valence-corrected chi connectivity index (χ4v) is 4.78. The number of likely N-dealkylation sites (tertiary alicyclic amines) is 2. The molecule has 3 atom stereocenters. The Morgan fingerprint density at radius 2 is 1.75 bits per heavy atom. The molecule has 3 rings (SSSR count). The maximum atomic E-state index is 12.6. The minimum atomic E-state index is -0.231. The number of nitrogens with zero attached hydrogens (tertiary/aromatic N) is 2. The van der Waals surface area contributed by atoms with Crippen LogP contribution < -0.4 is 5.32 Å². The standard InChI is InChI=1S/C23H35N3O2/c1-16(2)26-15-21(10-22(26)27)23(28)24-11-19-7-5-6-8-20(19)14-25-12-17(3)9-18(4)13-25/h5-8,16-18,21H,9-15H2,1-4H3,(H,24,28). The molecule has 0 spiro atoms. The van der Waals surface area contributed by atoms with Gasteiger partial charge in [-0.25, -0.2) is 0 Å². The van der Waals surface area contributed by atoms with Crippen LogP contribution in [0.2, 0.25) is 0 Å². The molecule has 1 aromatic rings. The second-order valence-electron chi connectivity index (χ2n) is 9.17. The van der Waals surface area contributed by atoms with Crippen molar-refractivity contribution in [3.63, 3.8) is 0 Å². The van der Waals surface area contributed by atoms with E-state index < -0.39 is 0 Å². The van der Waals surface area contributed by atoms with Crippen LogP contribution in [0.15, 0.2) is 24.3 Å². The fraction of sp³-hybridized carbons (Fsp3) is 0.652. The summed E-state index contributed by atoms with van der Waals surface area (Å²) < 4.78 is 0. The summed E-state index contributed by atoms with van der Waals surface area (Å²) in [5, 5.41) is 3.08. The molecule has 28 heavy (non-hydrogen) atoms. The minimum absolute atomic E-state index is 0.00785. The zero-order valence-electron chi connectivity index (χ0n) is 17.8. The van der Waals surface area contributed by atoms with Gasteiger partial charge in [0, 0.05) is 45.2 Å². The number of benzene rings is 1. The molecule has 0 bridgehead atoms. The normalized spacial score (nSPS) is 26.1. The predicted molar refractivity (Wildman–Crippen MR) is 111 cm³/mol. The van der Waals surface area contributed by atoms with Crippen molar-refractivity contribution in [2.75, 3.05) is 19.6 Å². The lowest BCUT2D eigenvalue weighted by atomic mass is 9.91. The van der Waals surface area contributed by atoms with E-state index in [1.807, 2.05) is 19.9 Å². The Morgan fingerprint density at radius 1 is 1.11 bits per heavy atom. The molecular weight excluding hydrogens is 350 g/mol. The Kier molecular flexibility index (Phi) is 6.76.